The fourth-order valence-corrected chi connectivity index (χ4v) is 2.81. The number of hydrogen-bond donors (Lipinski definition) is 1. The van der Waals surface area contributed by atoms with Crippen molar-refractivity contribution in [2.45, 2.75) is 39.2 Å². The van der Waals surface area contributed by atoms with Crippen molar-refractivity contribution in [2.75, 3.05) is 5.32 Å². The molecule has 0 bridgehead atoms. The smallest absolute Gasteiger partial charge is 0.137 e. The zero-order valence-electron chi connectivity index (χ0n) is 11.5. The van der Waals surface area contributed by atoms with Gasteiger partial charge in [-0.05, 0) is 30.4 Å². The average Bonchev–Trinajstić information content (AvgIpc) is 3.01. The van der Waals surface area contributed by atoms with E-state index in [-0.39, 0.29) is 0 Å². The SMILES string of the molecule is CC1(C)CCCC1Nc1ccc(-n2ccnc2)nc1. The Morgan fingerprint density at radius 3 is 2.84 bits per heavy atom. The molecular formula is C15H20N4. The lowest BCUT2D eigenvalue weighted by atomic mass is 9.87. The first-order chi connectivity index (χ1) is 9.15. The molecule has 0 saturated heterocycles. The molecule has 19 heavy (non-hydrogen) atoms. The van der Waals surface area contributed by atoms with E-state index >= 15 is 0 Å². The van der Waals surface area contributed by atoms with E-state index in [2.05, 4.69) is 35.2 Å². The number of nitrogens with zero attached hydrogens (tertiary/aromatic N) is 3. The second-order valence-corrected chi connectivity index (χ2v) is 5.95. The maximum atomic E-state index is 4.47. The van der Waals surface area contributed by atoms with Gasteiger partial charge in [0, 0.05) is 18.4 Å². The summed E-state index contributed by atoms with van der Waals surface area (Å²) in [7, 11) is 0. The van der Waals surface area contributed by atoms with Crippen molar-refractivity contribution in [3.05, 3.63) is 37.1 Å². The molecule has 4 nitrogen and oxygen atoms in total. The molecule has 2 aromatic rings. The Morgan fingerprint density at radius 2 is 2.26 bits per heavy atom. The molecule has 0 amide bonds. The first kappa shape index (κ1) is 12.2. The molecule has 1 fully saturated rings. The van der Waals surface area contributed by atoms with Crippen molar-refractivity contribution in [1.82, 2.24) is 14.5 Å². The maximum absolute atomic E-state index is 4.47. The van der Waals surface area contributed by atoms with Crippen LogP contribution in [0.1, 0.15) is 33.1 Å². The van der Waals surface area contributed by atoms with Gasteiger partial charge in [-0.25, -0.2) is 9.97 Å². The van der Waals surface area contributed by atoms with E-state index < -0.39 is 0 Å². The Balaban J connectivity index is 1.73. The monoisotopic (exact) mass is 256 g/mol. The zero-order valence-corrected chi connectivity index (χ0v) is 11.5. The molecule has 2 heterocycles. The van der Waals surface area contributed by atoms with E-state index in [0.29, 0.717) is 11.5 Å². The van der Waals surface area contributed by atoms with Crippen LogP contribution in [0.3, 0.4) is 0 Å². The highest BCUT2D eigenvalue weighted by molar-refractivity contribution is 5.45. The second kappa shape index (κ2) is 4.68. The Kier molecular flexibility index (Phi) is 3.01. The third kappa shape index (κ3) is 2.48. The van der Waals surface area contributed by atoms with Gasteiger partial charge in [0.15, 0.2) is 0 Å². The summed E-state index contributed by atoms with van der Waals surface area (Å²) in [6, 6.07) is 4.66. The minimum atomic E-state index is 0.378. The van der Waals surface area contributed by atoms with E-state index in [4.69, 9.17) is 0 Å². The summed E-state index contributed by atoms with van der Waals surface area (Å²) in [5, 5.41) is 3.62. The summed E-state index contributed by atoms with van der Waals surface area (Å²) in [5.74, 6) is 0.897. The summed E-state index contributed by atoms with van der Waals surface area (Å²) < 4.78 is 1.91. The molecule has 1 saturated carbocycles. The van der Waals surface area contributed by atoms with Crippen LogP contribution < -0.4 is 5.32 Å². The van der Waals surface area contributed by atoms with Crippen molar-refractivity contribution in [3.8, 4) is 5.82 Å². The van der Waals surface area contributed by atoms with Crippen molar-refractivity contribution < 1.29 is 0 Å². The number of pyridine rings is 1. The van der Waals surface area contributed by atoms with Gasteiger partial charge in [0.05, 0.1) is 11.9 Å². The van der Waals surface area contributed by atoms with Crippen LogP contribution in [0.2, 0.25) is 0 Å². The molecule has 1 N–H and O–H groups in total. The van der Waals surface area contributed by atoms with Crippen LogP contribution in [-0.4, -0.2) is 20.6 Å². The standard InChI is InChI=1S/C15H20N4/c1-15(2)7-3-4-13(15)18-12-5-6-14(17-10-12)19-9-8-16-11-19/h5-6,8-11,13,18H,3-4,7H2,1-2H3. The van der Waals surface area contributed by atoms with Crippen molar-refractivity contribution >= 4 is 5.69 Å². The van der Waals surface area contributed by atoms with Gasteiger partial charge in [-0.2, -0.15) is 0 Å². The minimum absolute atomic E-state index is 0.378. The second-order valence-electron chi connectivity index (χ2n) is 5.95. The molecule has 0 aromatic carbocycles. The number of hydrogen-bond acceptors (Lipinski definition) is 3. The first-order valence-electron chi connectivity index (χ1n) is 6.86. The lowest BCUT2D eigenvalue weighted by molar-refractivity contribution is 0.350. The van der Waals surface area contributed by atoms with Crippen LogP contribution in [0.15, 0.2) is 37.1 Å². The molecule has 2 aromatic heterocycles. The summed E-state index contributed by atoms with van der Waals surface area (Å²) in [6.07, 6.45) is 11.2. The van der Waals surface area contributed by atoms with Crippen LogP contribution in [0.4, 0.5) is 5.69 Å². The van der Waals surface area contributed by atoms with Gasteiger partial charge in [-0.15, -0.1) is 0 Å². The molecule has 1 aliphatic carbocycles. The summed E-state index contributed by atoms with van der Waals surface area (Å²) >= 11 is 0. The molecule has 1 unspecified atom stereocenters. The normalized spacial score (nSPS) is 21.5. The molecular weight excluding hydrogens is 236 g/mol. The molecule has 0 spiro atoms. The van der Waals surface area contributed by atoms with E-state index in [9.17, 15) is 0 Å². The minimum Gasteiger partial charge on any atom is -0.381 e. The zero-order chi connectivity index (χ0) is 13.3. The third-order valence-corrected chi connectivity index (χ3v) is 4.11. The van der Waals surface area contributed by atoms with Crippen molar-refractivity contribution in [3.63, 3.8) is 0 Å². The molecule has 0 aliphatic heterocycles. The van der Waals surface area contributed by atoms with Crippen molar-refractivity contribution in [1.29, 1.82) is 0 Å². The maximum Gasteiger partial charge on any atom is 0.137 e. The highest BCUT2D eigenvalue weighted by Crippen LogP contribution is 2.38. The molecule has 1 atom stereocenters. The van der Waals surface area contributed by atoms with Crippen LogP contribution in [0.5, 0.6) is 0 Å². The summed E-state index contributed by atoms with van der Waals surface area (Å²) in [5.41, 5.74) is 1.48. The quantitative estimate of drug-likeness (QED) is 0.916. The number of nitrogens with one attached hydrogen (secondary N) is 1. The summed E-state index contributed by atoms with van der Waals surface area (Å²) in [6.45, 7) is 4.68. The highest BCUT2D eigenvalue weighted by atomic mass is 15.1. The molecule has 0 radical (unpaired) electrons. The molecule has 1 aliphatic rings. The number of anilines is 1. The Morgan fingerprint density at radius 1 is 1.37 bits per heavy atom. The van der Waals surface area contributed by atoms with Crippen LogP contribution in [0, 0.1) is 5.41 Å². The molecule has 100 valence electrons. The van der Waals surface area contributed by atoms with Crippen LogP contribution in [-0.2, 0) is 0 Å². The summed E-state index contributed by atoms with van der Waals surface area (Å²) in [4.78, 5) is 8.50. The van der Waals surface area contributed by atoms with E-state index in [1.165, 1.54) is 19.3 Å². The first-order valence-corrected chi connectivity index (χ1v) is 6.86. The molecule has 4 heteroatoms. The van der Waals surface area contributed by atoms with E-state index in [1.807, 2.05) is 23.0 Å². The third-order valence-electron chi connectivity index (χ3n) is 4.11. The van der Waals surface area contributed by atoms with Gasteiger partial charge in [0.1, 0.15) is 12.1 Å². The topological polar surface area (TPSA) is 42.7 Å². The number of aromatic nitrogens is 3. The molecule has 3 rings (SSSR count). The van der Waals surface area contributed by atoms with E-state index in [0.717, 1.165) is 11.5 Å². The van der Waals surface area contributed by atoms with Gasteiger partial charge in [-0.3, -0.25) is 4.57 Å². The van der Waals surface area contributed by atoms with Gasteiger partial charge in [0.25, 0.3) is 0 Å². The lowest BCUT2D eigenvalue weighted by Gasteiger charge is -2.28. The highest BCUT2D eigenvalue weighted by Gasteiger charge is 2.34. The largest absolute Gasteiger partial charge is 0.381 e. The van der Waals surface area contributed by atoms with Crippen LogP contribution >= 0.6 is 0 Å². The van der Waals surface area contributed by atoms with Gasteiger partial charge < -0.3 is 5.32 Å². The van der Waals surface area contributed by atoms with Crippen LogP contribution in [0.25, 0.3) is 5.82 Å². The average molecular weight is 256 g/mol. The fraction of sp³-hybridized carbons (Fsp3) is 0.467. The Hall–Kier alpha value is -1.84. The predicted octanol–water partition coefficient (Wildman–Crippen LogP) is 3.26. The fourth-order valence-electron chi connectivity index (χ4n) is 2.81. The lowest BCUT2D eigenvalue weighted by Crippen LogP contribution is -2.30. The van der Waals surface area contributed by atoms with E-state index in [1.54, 1.807) is 12.5 Å². The Bertz CT molecular complexity index is 528. The predicted molar refractivity (Wildman–Crippen MR) is 76.4 cm³/mol. The van der Waals surface area contributed by atoms with Gasteiger partial charge >= 0.3 is 0 Å². The number of imidazole rings is 1. The van der Waals surface area contributed by atoms with Crippen molar-refractivity contribution in [2.24, 2.45) is 5.41 Å². The van der Waals surface area contributed by atoms with Gasteiger partial charge in [0.2, 0.25) is 0 Å². The Labute approximate surface area is 113 Å². The number of rotatable bonds is 3. The van der Waals surface area contributed by atoms with Gasteiger partial charge in [-0.1, -0.05) is 20.3 Å².